The fraction of sp³-hybridized carbons (Fsp3) is 1.00. The summed E-state index contributed by atoms with van der Waals surface area (Å²) in [5.41, 5.74) is 0. The predicted molar refractivity (Wildman–Crippen MR) is 147 cm³/mol. The summed E-state index contributed by atoms with van der Waals surface area (Å²) in [6, 6.07) is 0. The first-order chi connectivity index (χ1) is 16.6. The molecule has 1 aliphatic rings. The molecule has 17 heteroatoms. The molecule has 0 aromatic carbocycles. The van der Waals surface area contributed by atoms with E-state index in [0.29, 0.717) is 52.4 Å². The molecule has 12 nitrogen and oxygen atoms in total. The molecule has 1 rings (SSSR count). The molecular formula is C20H48GdN4O8P4. The number of rotatable bonds is 12. The van der Waals surface area contributed by atoms with Gasteiger partial charge in [-0.15, -0.1) is 0 Å². The third-order valence-electron chi connectivity index (χ3n) is 6.59. The third-order valence-corrected chi connectivity index (χ3v) is 13.9. The number of nitrogens with zero attached hydrogens (tertiary/aromatic N) is 4. The van der Waals surface area contributed by atoms with E-state index in [-0.39, 0.29) is 89.7 Å². The molecule has 0 amide bonds. The first kappa shape index (κ1) is 38.9. The van der Waals surface area contributed by atoms with Gasteiger partial charge in [-0.05, 0) is 0 Å². The van der Waals surface area contributed by atoms with Gasteiger partial charge in [-0.3, -0.25) is 37.9 Å². The standard InChI is InChI=1S/C20H48N4O8P4.Gd/c1-5-33(25,26)17-21-9-11-22(18-34(27,28)6-2)13-15-24(20-36(31,32)8-4)16-14-23(12-10-21)19-35(29,30)7-3;/h5-20H2,1-4H3,(H,25,26)(H,27,28)(H,29,30)(H,31,32);. The molecule has 0 aromatic heterocycles. The molecule has 37 heavy (non-hydrogen) atoms. The van der Waals surface area contributed by atoms with E-state index in [9.17, 15) is 37.8 Å². The molecule has 0 radical (unpaired) electrons. The van der Waals surface area contributed by atoms with Crippen LogP contribution in [-0.4, -0.2) is 141 Å². The van der Waals surface area contributed by atoms with Gasteiger partial charge in [0.2, 0.25) is 29.5 Å². The Morgan fingerprint density at radius 3 is 0.676 bits per heavy atom. The van der Waals surface area contributed by atoms with Gasteiger partial charge in [0, 0.05) is 117 Å². The van der Waals surface area contributed by atoms with Gasteiger partial charge >= 0.3 is 0 Å². The van der Waals surface area contributed by atoms with Gasteiger partial charge in [0.15, 0.2) is 0 Å². The molecule has 0 saturated carbocycles. The summed E-state index contributed by atoms with van der Waals surface area (Å²) in [5.74, 6) is 0. The molecule has 4 N–H and O–H groups in total. The van der Waals surface area contributed by atoms with Crippen LogP contribution in [0.2, 0.25) is 0 Å². The zero-order valence-corrected chi connectivity index (χ0v) is 28.5. The SMILES string of the molecule is CCP(=O)(O)CN1CCN(CP(=O)(O)CC)CCN(CP(=O)(O)CC)CCN(CP(=O)(O)CC)CC1.[Gd]. The summed E-state index contributed by atoms with van der Waals surface area (Å²) in [4.78, 5) is 48.5. The smallest absolute Gasteiger partial charge is 0.213 e. The molecule has 224 valence electrons. The first-order valence-electron chi connectivity index (χ1n) is 12.7. The van der Waals surface area contributed by atoms with Gasteiger partial charge in [-0.25, -0.2) is 0 Å². The van der Waals surface area contributed by atoms with E-state index < -0.39 is 29.5 Å². The summed E-state index contributed by atoms with van der Waals surface area (Å²) in [6.45, 7) is 9.75. The summed E-state index contributed by atoms with van der Waals surface area (Å²) >= 11 is 0. The second kappa shape index (κ2) is 17.8. The Bertz CT molecular complexity index is 718. The van der Waals surface area contributed by atoms with Crippen molar-refractivity contribution in [3.63, 3.8) is 0 Å². The van der Waals surface area contributed by atoms with Crippen LogP contribution in [0.1, 0.15) is 27.7 Å². The van der Waals surface area contributed by atoms with Crippen LogP contribution in [0.3, 0.4) is 0 Å². The largest absolute Gasteiger partial charge is 0.343 e. The van der Waals surface area contributed by atoms with Crippen LogP contribution in [-0.2, 0) is 18.3 Å². The summed E-state index contributed by atoms with van der Waals surface area (Å²) in [6.07, 6.45) is 0.462. The fourth-order valence-corrected chi connectivity index (χ4v) is 8.23. The quantitative estimate of drug-likeness (QED) is 0.216. The third kappa shape index (κ3) is 16.8. The number of hydrogen-bond acceptors (Lipinski definition) is 8. The zero-order valence-electron chi connectivity index (χ0n) is 22.7. The molecule has 0 bridgehead atoms. The van der Waals surface area contributed by atoms with Crippen molar-refractivity contribution in [2.24, 2.45) is 0 Å². The molecule has 0 aromatic rings. The summed E-state index contributed by atoms with van der Waals surface area (Å²) < 4.78 is 50.0. The van der Waals surface area contributed by atoms with Gasteiger partial charge in [0.05, 0.1) is 25.1 Å². The van der Waals surface area contributed by atoms with E-state index in [1.807, 2.05) is 19.6 Å². The Morgan fingerprint density at radius 2 is 0.568 bits per heavy atom. The Morgan fingerprint density at radius 1 is 0.432 bits per heavy atom. The molecule has 1 heterocycles. The van der Waals surface area contributed by atoms with Gasteiger partial charge < -0.3 is 19.6 Å². The minimum atomic E-state index is -3.38. The van der Waals surface area contributed by atoms with Crippen molar-refractivity contribution in [1.29, 1.82) is 0 Å². The van der Waals surface area contributed by atoms with Crippen LogP contribution in [0.5, 0.6) is 0 Å². The molecule has 4 atom stereocenters. The van der Waals surface area contributed by atoms with Crippen molar-refractivity contribution < 1.29 is 77.8 Å². The van der Waals surface area contributed by atoms with Gasteiger partial charge in [0.1, 0.15) is 0 Å². The molecule has 1 aliphatic heterocycles. The van der Waals surface area contributed by atoms with Crippen LogP contribution in [0.15, 0.2) is 0 Å². The second-order valence-electron chi connectivity index (χ2n) is 9.69. The molecule has 1 fully saturated rings. The molecule has 0 spiro atoms. The zero-order chi connectivity index (χ0) is 27.6. The van der Waals surface area contributed by atoms with Crippen molar-refractivity contribution in [1.82, 2.24) is 19.6 Å². The van der Waals surface area contributed by atoms with Gasteiger partial charge in [0.25, 0.3) is 0 Å². The Kier molecular flexibility index (Phi) is 18.7. The normalized spacial score (nSPS) is 24.9. The molecule has 0 aliphatic carbocycles. The van der Waals surface area contributed by atoms with Crippen LogP contribution < -0.4 is 0 Å². The van der Waals surface area contributed by atoms with E-state index in [0.717, 1.165) is 0 Å². The van der Waals surface area contributed by atoms with Crippen LogP contribution >= 0.6 is 29.5 Å². The summed E-state index contributed by atoms with van der Waals surface area (Å²) in [5, 5.41) is 0. The van der Waals surface area contributed by atoms with Crippen molar-refractivity contribution in [2.75, 3.05) is 102 Å². The van der Waals surface area contributed by atoms with E-state index in [1.54, 1.807) is 27.7 Å². The molecule has 1 saturated heterocycles. The van der Waals surface area contributed by atoms with Crippen molar-refractivity contribution >= 4 is 29.5 Å². The number of hydrogen-bond donors (Lipinski definition) is 4. The van der Waals surface area contributed by atoms with E-state index >= 15 is 0 Å². The van der Waals surface area contributed by atoms with Crippen LogP contribution in [0, 0.1) is 39.9 Å². The Labute approximate surface area is 255 Å². The van der Waals surface area contributed by atoms with E-state index in [4.69, 9.17) is 0 Å². The van der Waals surface area contributed by atoms with Crippen molar-refractivity contribution in [3.8, 4) is 0 Å². The molecule has 4 unspecified atom stereocenters. The topological polar surface area (TPSA) is 162 Å². The molecular weight excluding hydrogens is 705 g/mol. The minimum Gasteiger partial charge on any atom is -0.343 e. The Balaban J connectivity index is 0.0000130. The second-order valence-corrected chi connectivity index (χ2v) is 20.1. The average Bonchev–Trinajstić information content (AvgIpc) is 2.80. The van der Waals surface area contributed by atoms with Crippen LogP contribution in [0.25, 0.3) is 0 Å². The average molecular weight is 754 g/mol. The fourth-order valence-electron chi connectivity index (χ4n) is 3.79. The van der Waals surface area contributed by atoms with E-state index in [2.05, 4.69) is 0 Å². The predicted octanol–water partition coefficient (Wildman–Crippen LogP) is 2.20. The maximum absolute atomic E-state index is 12.5. The van der Waals surface area contributed by atoms with Gasteiger partial charge in [-0.1, -0.05) is 27.7 Å². The summed E-state index contributed by atoms with van der Waals surface area (Å²) in [7, 11) is -13.5. The minimum absolute atomic E-state index is 0. The van der Waals surface area contributed by atoms with Crippen molar-refractivity contribution in [3.05, 3.63) is 0 Å². The van der Waals surface area contributed by atoms with Crippen molar-refractivity contribution in [2.45, 2.75) is 27.7 Å². The van der Waals surface area contributed by atoms with E-state index in [1.165, 1.54) is 0 Å². The first-order valence-corrected chi connectivity index (χ1v) is 20.8. The van der Waals surface area contributed by atoms with Crippen LogP contribution in [0.4, 0.5) is 0 Å². The monoisotopic (exact) mass is 754 g/mol. The maximum Gasteiger partial charge on any atom is 0.213 e. The Hall–Kier alpha value is 1.92. The maximum atomic E-state index is 12.5. The van der Waals surface area contributed by atoms with Gasteiger partial charge in [-0.2, -0.15) is 0 Å².